The van der Waals surface area contributed by atoms with Gasteiger partial charge in [0.05, 0.1) is 0 Å². The number of carbonyl (C=O) groups is 2. The van der Waals surface area contributed by atoms with Gasteiger partial charge in [-0.25, -0.2) is 9.59 Å². The summed E-state index contributed by atoms with van der Waals surface area (Å²) < 4.78 is 0. The van der Waals surface area contributed by atoms with Gasteiger partial charge in [-0.1, -0.05) is 36.9 Å². The van der Waals surface area contributed by atoms with Crippen LogP contribution in [0.15, 0.2) is 48.1 Å². The van der Waals surface area contributed by atoms with Gasteiger partial charge in [-0.05, 0) is 11.6 Å². The fraction of sp³-hybridized carbons (Fsp3) is 0.0769. The van der Waals surface area contributed by atoms with Crippen LogP contribution in [0.4, 0.5) is 0 Å². The van der Waals surface area contributed by atoms with E-state index in [2.05, 4.69) is 6.58 Å². The minimum absolute atomic E-state index is 0.00333. The molecule has 0 radical (unpaired) electrons. The van der Waals surface area contributed by atoms with Gasteiger partial charge in [-0.3, -0.25) is 0 Å². The Hall–Kier alpha value is -2.36. The van der Waals surface area contributed by atoms with E-state index >= 15 is 0 Å². The van der Waals surface area contributed by atoms with Gasteiger partial charge in [0.1, 0.15) is 0 Å². The van der Waals surface area contributed by atoms with Crippen molar-refractivity contribution in [1.29, 1.82) is 0 Å². The zero-order valence-corrected chi connectivity index (χ0v) is 9.09. The quantitative estimate of drug-likeness (QED) is 0.763. The lowest BCUT2D eigenvalue weighted by Gasteiger charge is -2.02. The number of benzene rings is 1. The molecule has 1 aromatic rings. The van der Waals surface area contributed by atoms with Crippen LogP contribution in [0.2, 0.25) is 0 Å². The van der Waals surface area contributed by atoms with Crippen LogP contribution in [-0.4, -0.2) is 22.2 Å². The van der Waals surface area contributed by atoms with Crippen molar-refractivity contribution in [3.63, 3.8) is 0 Å². The van der Waals surface area contributed by atoms with Crippen molar-refractivity contribution in [2.24, 2.45) is 0 Å². The summed E-state index contributed by atoms with van der Waals surface area (Å²) in [5.41, 5.74) is 0.571. The SMILES string of the molecule is C=C(C/C(=C\c1ccccc1)C(=O)O)C(=O)O. The van der Waals surface area contributed by atoms with E-state index in [1.54, 1.807) is 24.3 Å². The van der Waals surface area contributed by atoms with Gasteiger partial charge >= 0.3 is 11.9 Å². The Balaban J connectivity index is 2.95. The third-order valence-electron chi connectivity index (χ3n) is 2.12. The molecule has 0 saturated carbocycles. The molecule has 0 amide bonds. The molecular weight excluding hydrogens is 220 g/mol. The van der Waals surface area contributed by atoms with E-state index in [0.29, 0.717) is 5.56 Å². The average molecular weight is 232 g/mol. The van der Waals surface area contributed by atoms with Crippen molar-refractivity contribution in [3.8, 4) is 0 Å². The largest absolute Gasteiger partial charge is 0.478 e. The first-order valence-corrected chi connectivity index (χ1v) is 4.90. The Morgan fingerprint density at radius 2 is 1.71 bits per heavy atom. The second-order valence-electron chi connectivity index (χ2n) is 3.47. The highest BCUT2D eigenvalue weighted by atomic mass is 16.4. The third-order valence-corrected chi connectivity index (χ3v) is 2.12. The summed E-state index contributed by atoms with van der Waals surface area (Å²) >= 11 is 0. The average Bonchev–Trinajstić information content (AvgIpc) is 2.29. The van der Waals surface area contributed by atoms with E-state index in [9.17, 15) is 9.59 Å². The monoisotopic (exact) mass is 232 g/mol. The van der Waals surface area contributed by atoms with Crippen LogP contribution in [0.25, 0.3) is 6.08 Å². The summed E-state index contributed by atoms with van der Waals surface area (Å²) in [5.74, 6) is -2.33. The number of hydrogen-bond donors (Lipinski definition) is 2. The molecule has 4 nitrogen and oxygen atoms in total. The molecule has 0 aromatic heterocycles. The molecule has 1 aromatic carbocycles. The van der Waals surface area contributed by atoms with Crippen molar-refractivity contribution < 1.29 is 19.8 Å². The molecule has 4 heteroatoms. The third kappa shape index (κ3) is 3.95. The van der Waals surface area contributed by atoms with E-state index in [1.807, 2.05) is 6.07 Å². The smallest absolute Gasteiger partial charge is 0.331 e. The Morgan fingerprint density at radius 1 is 1.12 bits per heavy atom. The van der Waals surface area contributed by atoms with E-state index in [-0.39, 0.29) is 17.6 Å². The maximum absolute atomic E-state index is 11.0. The molecule has 0 spiro atoms. The van der Waals surface area contributed by atoms with Crippen LogP contribution in [0, 0.1) is 0 Å². The number of carboxylic acids is 2. The summed E-state index contributed by atoms with van der Waals surface area (Å²) in [7, 11) is 0. The molecule has 88 valence electrons. The first kappa shape index (κ1) is 12.7. The summed E-state index contributed by atoms with van der Waals surface area (Å²) in [6.07, 6.45) is 1.26. The fourth-order valence-electron chi connectivity index (χ4n) is 1.24. The zero-order chi connectivity index (χ0) is 12.8. The lowest BCUT2D eigenvalue weighted by molar-refractivity contribution is -0.132. The van der Waals surface area contributed by atoms with Crippen LogP contribution in [0.1, 0.15) is 12.0 Å². The molecule has 0 fully saturated rings. The summed E-state index contributed by atoms with van der Waals surface area (Å²) in [6.45, 7) is 3.31. The predicted molar refractivity (Wildman–Crippen MR) is 63.4 cm³/mol. The van der Waals surface area contributed by atoms with Gasteiger partial charge in [-0.2, -0.15) is 0 Å². The lowest BCUT2D eigenvalue weighted by atomic mass is 10.0. The minimum Gasteiger partial charge on any atom is -0.478 e. The Bertz CT molecular complexity index is 471. The highest BCUT2D eigenvalue weighted by Crippen LogP contribution is 2.14. The van der Waals surface area contributed by atoms with Crippen LogP contribution < -0.4 is 0 Å². The summed E-state index contributed by atoms with van der Waals surface area (Å²) in [6, 6.07) is 8.85. The van der Waals surface area contributed by atoms with Gasteiger partial charge in [0.15, 0.2) is 0 Å². The van der Waals surface area contributed by atoms with E-state index in [0.717, 1.165) is 0 Å². The number of hydrogen-bond acceptors (Lipinski definition) is 2. The normalized spacial score (nSPS) is 10.9. The van der Waals surface area contributed by atoms with Gasteiger partial charge in [0.2, 0.25) is 0 Å². The van der Waals surface area contributed by atoms with Crippen molar-refractivity contribution >= 4 is 18.0 Å². The fourth-order valence-corrected chi connectivity index (χ4v) is 1.24. The van der Waals surface area contributed by atoms with Gasteiger partial charge in [0.25, 0.3) is 0 Å². The van der Waals surface area contributed by atoms with Crippen molar-refractivity contribution in [2.75, 3.05) is 0 Å². The molecule has 17 heavy (non-hydrogen) atoms. The number of carboxylic acid groups (broad SMARTS) is 2. The lowest BCUT2D eigenvalue weighted by Crippen LogP contribution is -2.06. The Morgan fingerprint density at radius 3 is 2.18 bits per heavy atom. The first-order chi connectivity index (χ1) is 8.00. The first-order valence-electron chi connectivity index (χ1n) is 4.90. The van der Waals surface area contributed by atoms with Crippen LogP contribution in [0.3, 0.4) is 0 Å². The van der Waals surface area contributed by atoms with Crippen LogP contribution in [-0.2, 0) is 9.59 Å². The van der Waals surface area contributed by atoms with Crippen molar-refractivity contribution in [1.82, 2.24) is 0 Å². The second kappa shape index (κ2) is 5.65. The molecule has 1 rings (SSSR count). The Labute approximate surface area is 98.5 Å². The molecule has 0 aliphatic heterocycles. The molecule has 2 N–H and O–H groups in total. The number of aliphatic carboxylic acids is 2. The highest BCUT2D eigenvalue weighted by Gasteiger charge is 2.13. The topological polar surface area (TPSA) is 74.6 Å². The van der Waals surface area contributed by atoms with Crippen molar-refractivity contribution in [3.05, 3.63) is 53.6 Å². The molecule has 0 heterocycles. The molecule has 0 unspecified atom stereocenters. The molecule has 0 aliphatic carbocycles. The van der Waals surface area contributed by atoms with E-state index in [1.165, 1.54) is 6.08 Å². The number of rotatable bonds is 5. The van der Waals surface area contributed by atoms with E-state index in [4.69, 9.17) is 10.2 Å². The van der Waals surface area contributed by atoms with Crippen LogP contribution in [0.5, 0.6) is 0 Å². The molecule has 0 bridgehead atoms. The predicted octanol–water partition coefficient (Wildman–Crippen LogP) is 2.19. The van der Waals surface area contributed by atoms with Crippen LogP contribution >= 0.6 is 0 Å². The van der Waals surface area contributed by atoms with E-state index < -0.39 is 11.9 Å². The summed E-state index contributed by atoms with van der Waals surface area (Å²) in [5, 5.41) is 17.6. The van der Waals surface area contributed by atoms with Gasteiger partial charge in [0, 0.05) is 17.6 Å². The second-order valence-corrected chi connectivity index (χ2v) is 3.47. The molecule has 0 aliphatic rings. The minimum atomic E-state index is -1.19. The Kier molecular flexibility index (Phi) is 4.22. The maximum atomic E-state index is 11.0. The van der Waals surface area contributed by atoms with Gasteiger partial charge in [-0.15, -0.1) is 0 Å². The van der Waals surface area contributed by atoms with Crippen molar-refractivity contribution in [2.45, 2.75) is 6.42 Å². The van der Waals surface area contributed by atoms with Gasteiger partial charge < -0.3 is 10.2 Å². The standard InChI is InChI=1S/C13H12O4/c1-9(12(14)15)7-11(13(16)17)8-10-5-3-2-4-6-10/h2-6,8H,1,7H2,(H,14,15)(H,16,17)/b11-8+. The molecule has 0 atom stereocenters. The summed E-state index contributed by atoms with van der Waals surface area (Å²) in [4.78, 5) is 21.5. The molecular formula is C13H12O4. The zero-order valence-electron chi connectivity index (χ0n) is 9.09. The highest BCUT2D eigenvalue weighted by molar-refractivity contribution is 5.96. The molecule has 0 saturated heterocycles. The maximum Gasteiger partial charge on any atom is 0.331 e.